The van der Waals surface area contributed by atoms with Crippen LogP contribution in [0, 0.1) is 5.92 Å². The Morgan fingerprint density at radius 1 is 0.560 bits per heavy atom. The normalized spacial score (nSPS) is 15.6. The number of hydrogen-bond acceptors (Lipinski definition) is 0. The summed E-state index contributed by atoms with van der Waals surface area (Å²) in [5, 5.41) is 0. The van der Waals surface area contributed by atoms with Gasteiger partial charge in [-0.2, -0.15) is 0 Å². The van der Waals surface area contributed by atoms with E-state index in [-0.39, 0.29) is 35.6 Å². The summed E-state index contributed by atoms with van der Waals surface area (Å²) in [5.41, 5.74) is 17.1. The Kier molecular flexibility index (Phi) is 13.1. The molecule has 1 atom stereocenters. The maximum atomic E-state index is 2.64. The van der Waals surface area contributed by atoms with Crippen LogP contribution in [0.4, 0.5) is 0 Å². The molecule has 3 heteroatoms. The van der Waals surface area contributed by atoms with Crippen molar-refractivity contribution < 1.29 is 46.1 Å². The summed E-state index contributed by atoms with van der Waals surface area (Å²) in [4.78, 5) is 0. The SMILES string of the molecule is CCC1=C(CC)C(CC)[C]([Zr+2](=[C](c2ccccc2)c2ccccc2)[CH]2c3cc(C(C)(C)C)ccc3-c3ccc(C(C)(C)C)cc32)=C1CC.[Cl-].[Cl-]. The summed E-state index contributed by atoms with van der Waals surface area (Å²) >= 11 is -2.95. The monoisotopic (exact) mass is 780 g/mol. The largest absolute Gasteiger partial charge is 1.00 e. The average molecular weight is 783 g/mol. The first-order chi connectivity index (χ1) is 22.9. The van der Waals surface area contributed by atoms with E-state index in [0.717, 1.165) is 19.3 Å². The van der Waals surface area contributed by atoms with Gasteiger partial charge in [0.25, 0.3) is 0 Å². The third kappa shape index (κ3) is 7.32. The molecule has 0 saturated heterocycles. The first-order valence-electron chi connectivity index (χ1n) is 18.5. The van der Waals surface area contributed by atoms with Gasteiger partial charge in [-0.3, -0.25) is 0 Å². The van der Waals surface area contributed by atoms with Gasteiger partial charge in [-0.25, -0.2) is 0 Å². The van der Waals surface area contributed by atoms with Crippen LogP contribution in [0.1, 0.15) is 132 Å². The van der Waals surface area contributed by atoms with Crippen LogP contribution >= 0.6 is 0 Å². The molecule has 0 aliphatic heterocycles. The Bertz CT molecular complexity index is 1810. The molecule has 0 radical (unpaired) electrons. The van der Waals surface area contributed by atoms with E-state index >= 15 is 0 Å². The first-order valence-corrected chi connectivity index (χ1v) is 22.4. The number of benzene rings is 4. The van der Waals surface area contributed by atoms with Crippen LogP contribution in [-0.4, -0.2) is 3.21 Å². The number of fused-ring (bicyclic) bond motifs is 3. The topological polar surface area (TPSA) is 0 Å². The number of rotatable bonds is 8. The predicted octanol–water partition coefficient (Wildman–Crippen LogP) is 7.07. The van der Waals surface area contributed by atoms with E-state index in [1.165, 1.54) is 39.8 Å². The summed E-state index contributed by atoms with van der Waals surface area (Å²) in [5.74, 6) is 0.542. The van der Waals surface area contributed by atoms with Crippen LogP contribution in [0.25, 0.3) is 11.1 Å². The van der Waals surface area contributed by atoms with E-state index in [1.54, 1.807) is 31.1 Å². The van der Waals surface area contributed by atoms with Crippen molar-refractivity contribution in [3.05, 3.63) is 150 Å². The van der Waals surface area contributed by atoms with Gasteiger partial charge in [0.2, 0.25) is 0 Å². The molecule has 0 spiro atoms. The molecule has 0 bridgehead atoms. The zero-order chi connectivity index (χ0) is 34.4. The van der Waals surface area contributed by atoms with E-state index in [0.29, 0.717) is 9.54 Å². The molecule has 0 fully saturated rings. The fraction of sp³-hybridized carbons (Fsp3) is 0.383. The summed E-state index contributed by atoms with van der Waals surface area (Å²) < 4.78 is 3.94. The van der Waals surface area contributed by atoms with Gasteiger partial charge in [0.1, 0.15) is 0 Å². The molecule has 1 unspecified atom stereocenters. The van der Waals surface area contributed by atoms with Gasteiger partial charge in [0, 0.05) is 0 Å². The van der Waals surface area contributed by atoms with Crippen molar-refractivity contribution in [2.24, 2.45) is 5.92 Å². The zero-order valence-corrected chi connectivity index (χ0v) is 35.9. The van der Waals surface area contributed by atoms with E-state index in [4.69, 9.17) is 0 Å². The van der Waals surface area contributed by atoms with E-state index < -0.39 is 21.3 Å². The predicted molar refractivity (Wildman–Crippen MR) is 206 cm³/mol. The number of halogens is 2. The van der Waals surface area contributed by atoms with Crippen molar-refractivity contribution >= 4 is 3.21 Å². The van der Waals surface area contributed by atoms with Crippen molar-refractivity contribution in [2.45, 2.75) is 109 Å². The minimum atomic E-state index is -2.95. The van der Waals surface area contributed by atoms with Crippen molar-refractivity contribution in [1.82, 2.24) is 0 Å². The van der Waals surface area contributed by atoms with Crippen molar-refractivity contribution in [3.8, 4) is 11.1 Å². The molecule has 0 aromatic heterocycles. The van der Waals surface area contributed by atoms with Crippen LogP contribution in [-0.2, 0) is 32.1 Å². The second-order valence-corrected chi connectivity index (χ2v) is 22.0. The molecule has 50 heavy (non-hydrogen) atoms. The summed E-state index contributed by atoms with van der Waals surface area (Å²) in [6, 6.07) is 38.1. The quantitative estimate of drug-likeness (QED) is 0.180. The second kappa shape index (κ2) is 16.2. The third-order valence-corrected chi connectivity index (χ3v) is 19.8. The molecule has 0 heterocycles. The molecule has 0 amide bonds. The van der Waals surface area contributed by atoms with Crippen LogP contribution in [0.3, 0.4) is 0 Å². The second-order valence-electron chi connectivity index (χ2n) is 16.0. The van der Waals surface area contributed by atoms with Crippen LogP contribution in [0.5, 0.6) is 0 Å². The van der Waals surface area contributed by atoms with Gasteiger partial charge in [-0.1, -0.05) is 0 Å². The summed E-state index contributed by atoms with van der Waals surface area (Å²) in [6.45, 7) is 24.0. The van der Waals surface area contributed by atoms with E-state index in [2.05, 4.69) is 166 Å². The van der Waals surface area contributed by atoms with Crippen LogP contribution < -0.4 is 24.8 Å². The summed E-state index contributed by atoms with van der Waals surface area (Å²) in [6.07, 6.45) is 4.59. The Morgan fingerprint density at radius 3 is 1.36 bits per heavy atom. The van der Waals surface area contributed by atoms with Crippen LogP contribution in [0.15, 0.2) is 117 Å². The maximum Gasteiger partial charge on any atom is -1.00 e. The molecule has 2 aliphatic carbocycles. The molecular weight excluding hydrogens is 727 g/mol. The standard InChI is InChI=1S/C21H25.C13H10.C13H21.2ClH.Zr/c1-20(2,3)16-7-9-18-14(12-16)11-15-13-17(21(4,5)6)8-10-19(15)18;1-3-7-12(8-4-1)11-13-9-5-2-6-10-13;1-5-10-9-11(6-2)13(8-4)12(10)7-3;;;/h7-13H,1-6H3;1-10H;10H,5-8H2,1-4H3;2*1H;/q;;;;;+2/p-2. The number of allylic oxidation sites excluding steroid dienone is 4. The molecule has 6 rings (SSSR count). The van der Waals surface area contributed by atoms with Crippen molar-refractivity contribution in [2.75, 3.05) is 0 Å². The Hall–Kier alpha value is -2.31. The number of hydrogen-bond donors (Lipinski definition) is 0. The molecule has 4 aromatic rings. The molecule has 262 valence electrons. The smallest absolute Gasteiger partial charge is 1.00 e. The van der Waals surface area contributed by atoms with Gasteiger partial charge in [0.15, 0.2) is 0 Å². The maximum absolute atomic E-state index is 2.95. The fourth-order valence-electron chi connectivity index (χ4n) is 8.68. The van der Waals surface area contributed by atoms with Crippen molar-refractivity contribution in [1.29, 1.82) is 0 Å². The Balaban J connectivity index is 0.00000281. The molecule has 0 nitrogen and oxygen atoms in total. The minimum Gasteiger partial charge on any atom is -1.00 e. The average Bonchev–Trinajstić information content (AvgIpc) is 3.57. The van der Waals surface area contributed by atoms with E-state index in [1.807, 2.05) is 3.28 Å². The fourth-order valence-corrected chi connectivity index (χ4v) is 19.3. The van der Waals surface area contributed by atoms with E-state index in [9.17, 15) is 0 Å². The molecule has 0 saturated carbocycles. The minimum absolute atomic E-state index is 0. The first kappa shape index (κ1) is 40.5. The molecule has 2 aliphatic rings. The van der Waals surface area contributed by atoms with Crippen molar-refractivity contribution in [3.63, 3.8) is 0 Å². The Labute approximate surface area is 323 Å². The van der Waals surface area contributed by atoms with Crippen LogP contribution in [0.2, 0.25) is 0 Å². The van der Waals surface area contributed by atoms with Gasteiger partial charge >= 0.3 is 301 Å². The van der Waals surface area contributed by atoms with Gasteiger partial charge in [0.05, 0.1) is 0 Å². The zero-order valence-electron chi connectivity index (χ0n) is 32.0. The molecule has 4 aromatic carbocycles. The summed E-state index contributed by atoms with van der Waals surface area (Å²) in [7, 11) is 0. The molecular formula is C47H56Cl2Zr. The van der Waals surface area contributed by atoms with Gasteiger partial charge in [-0.15, -0.1) is 0 Å². The van der Waals surface area contributed by atoms with Gasteiger partial charge in [-0.05, 0) is 0 Å². The third-order valence-electron chi connectivity index (χ3n) is 11.1. The Morgan fingerprint density at radius 2 is 1.00 bits per heavy atom. The molecule has 0 N–H and O–H groups in total. The van der Waals surface area contributed by atoms with Gasteiger partial charge < -0.3 is 24.8 Å².